The molecule has 0 aromatic heterocycles. The third-order valence-electron chi connectivity index (χ3n) is 0.563. The molecular formula is C5H6ClO4-. The Hall–Kier alpha value is -1.03. The maximum atomic E-state index is 10.1. The average molecular weight is 166 g/mol. The number of hydrogen-bond acceptors (Lipinski definition) is 3. The van der Waals surface area contributed by atoms with Crippen molar-refractivity contribution in [1.82, 2.24) is 0 Å². The van der Waals surface area contributed by atoms with Gasteiger partial charge < -0.3 is 22.3 Å². The fraction of sp³-hybridized carbons (Fsp3) is 0.200. The van der Waals surface area contributed by atoms with Crippen LogP contribution in [0, 0.1) is 0 Å². The van der Waals surface area contributed by atoms with Gasteiger partial charge in [-0.1, -0.05) is 0 Å². The molecule has 5 heteroatoms. The van der Waals surface area contributed by atoms with Crippen LogP contribution in [-0.4, -0.2) is 24.2 Å². The highest BCUT2D eigenvalue weighted by Crippen LogP contribution is 1.76. The molecular weight excluding hydrogens is 160 g/mol. The zero-order chi connectivity index (χ0) is 7.28. The number of rotatable bonds is 2. The van der Waals surface area contributed by atoms with E-state index in [1.54, 1.807) is 0 Å². The smallest absolute Gasteiger partial charge is 0.330 e. The lowest BCUT2D eigenvalue weighted by molar-refractivity contribution is -0.136. The van der Waals surface area contributed by atoms with Gasteiger partial charge in [-0.3, -0.25) is 0 Å². The average Bonchev–Trinajstić information content (AvgIpc) is 1.83. The summed E-state index contributed by atoms with van der Waals surface area (Å²) in [7, 11) is 1.18. The third-order valence-corrected chi connectivity index (χ3v) is 0.563. The number of aliphatic carboxylic acids is 1. The summed E-state index contributed by atoms with van der Waals surface area (Å²) in [5, 5.41) is 7.96. The monoisotopic (exact) mass is 165 g/mol. The van der Waals surface area contributed by atoms with Crippen LogP contribution < -0.4 is 12.4 Å². The minimum Gasteiger partial charge on any atom is -1.00 e. The first-order valence-corrected chi connectivity index (χ1v) is 2.15. The van der Waals surface area contributed by atoms with E-state index in [1.165, 1.54) is 7.11 Å². The summed E-state index contributed by atoms with van der Waals surface area (Å²) in [6.07, 6.45) is 1.55. The fourth-order valence-electron chi connectivity index (χ4n) is 0.207. The molecule has 0 aliphatic heterocycles. The Kier molecular flexibility index (Phi) is 7.15. The van der Waals surface area contributed by atoms with Gasteiger partial charge in [0.25, 0.3) is 0 Å². The van der Waals surface area contributed by atoms with E-state index >= 15 is 0 Å². The number of carbonyl (C=O) groups excluding carboxylic acids is 1. The second kappa shape index (κ2) is 6.10. The molecule has 0 saturated carbocycles. The number of esters is 1. The second-order valence-corrected chi connectivity index (χ2v) is 1.19. The number of carbonyl (C=O) groups is 2. The first kappa shape index (κ1) is 11.7. The number of methoxy groups -OCH3 is 1. The van der Waals surface area contributed by atoms with E-state index in [2.05, 4.69) is 4.74 Å². The molecule has 0 rings (SSSR count). The van der Waals surface area contributed by atoms with Gasteiger partial charge in [-0.05, 0) is 0 Å². The molecule has 0 heterocycles. The summed E-state index contributed by atoms with van der Waals surface area (Å²) in [6.45, 7) is 0. The predicted octanol–water partition coefficient (Wildman–Crippen LogP) is -3.20. The van der Waals surface area contributed by atoms with Crippen LogP contribution in [0.25, 0.3) is 0 Å². The highest BCUT2D eigenvalue weighted by atomic mass is 35.5. The molecule has 1 N–H and O–H groups in total. The number of hydrogen-bond donors (Lipinski definition) is 1. The topological polar surface area (TPSA) is 63.6 Å². The normalized spacial score (nSPS) is 8.50. The van der Waals surface area contributed by atoms with Crippen LogP contribution in [0.2, 0.25) is 0 Å². The fourth-order valence-corrected chi connectivity index (χ4v) is 0.207. The summed E-state index contributed by atoms with van der Waals surface area (Å²) in [4.78, 5) is 19.9. The summed E-state index contributed by atoms with van der Waals surface area (Å²) < 4.78 is 4.11. The highest BCUT2D eigenvalue weighted by molar-refractivity contribution is 5.90. The second-order valence-electron chi connectivity index (χ2n) is 1.19. The molecule has 0 aliphatic carbocycles. The van der Waals surface area contributed by atoms with Gasteiger partial charge in [0.1, 0.15) is 0 Å². The predicted molar refractivity (Wildman–Crippen MR) is 28.8 cm³/mol. The van der Waals surface area contributed by atoms with Crippen LogP contribution >= 0.6 is 0 Å². The number of ether oxygens (including phenoxy) is 1. The minimum atomic E-state index is -1.17. The Balaban J connectivity index is 0. The molecule has 0 aromatic rings. The van der Waals surface area contributed by atoms with Crippen molar-refractivity contribution >= 4 is 11.9 Å². The molecule has 0 amide bonds. The first-order chi connectivity index (χ1) is 4.16. The molecule has 0 aliphatic rings. The molecule has 0 unspecified atom stereocenters. The molecule has 4 nitrogen and oxygen atoms in total. The Morgan fingerprint density at radius 1 is 1.40 bits per heavy atom. The van der Waals surface area contributed by atoms with Gasteiger partial charge in [0.05, 0.1) is 7.11 Å². The van der Waals surface area contributed by atoms with Crippen LogP contribution in [0.1, 0.15) is 0 Å². The third kappa shape index (κ3) is 6.97. The summed E-state index contributed by atoms with van der Waals surface area (Å²) >= 11 is 0. The van der Waals surface area contributed by atoms with Gasteiger partial charge in [-0.2, -0.15) is 0 Å². The summed E-state index contributed by atoms with van der Waals surface area (Å²) in [6, 6.07) is 0. The molecule has 0 atom stereocenters. The van der Waals surface area contributed by atoms with Crippen molar-refractivity contribution < 1.29 is 31.8 Å². The lowest BCUT2D eigenvalue weighted by Gasteiger charge is -1.85. The zero-order valence-electron chi connectivity index (χ0n) is 5.20. The van der Waals surface area contributed by atoms with E-state index in [9.17, 15) is 9.59 Å². The molecule has 0 bridgehead atoms. The van der Waals surface area contributed by atoms with E-state index in [0.717, 1.165) is 6.08 Å². The summed E-state index contributed by atoms with van der Waals surface area (Å²) in [5.74, 6) is -1.84. The molecule has 10 heavy (non-hydrogen) atoms. The van der Waals surface area contributed by atoms with Gasteiger partial charge in [0, 0.05) is 12.2 Å². The van der Waals surface area contributed by atoms with Crippen LogP contribution in [-0.2, 0) is 14.3 Å². The van der Waals surface area contributed by atoms with Gasteiger partial charge in [-0.15, -0.1) is 0 Å². The van der Waals surface area contributed by atoms with Crippen LogP contribution in [0.5, 0.6) is 0 Å². The standard InChI is InChI=1S/C5H6O4.ClH/c1-9-5(8)3-2-4(6)7;/h2-3H,1H3,(H,6,7);1H/p-1/b3-2+;. The van der Waals surface area contributed by atoms with Crippen molar-refractivity contribution in [2.75, 3.05) is 7.11 Å². The lowest BCUT2D eigenvalue weighted by Crippen LogP contribution is -3.00. The lowest BCUT2D eigenvalue weighted by atomic mass is 10.5. The first-order valence-electron chi connectivity index (χ1n) is 2.15. The molecule has 0 saturated heterocycles. The number of carboxylic acid groups (broad SMARTS) is 1. The van der Waals surface area contributed by atoms with Crippen LogP contribution in [0.3, 0.4) is 0 Å². The van der Waals surface area contributed by atoms with E-state index in [-0.39, 0.29) is 12.4 Å². The van der Waals surface area contributed by atoms with Crippen molar-refractivity contribution in [3.05, 3.63) is 12.2 Å². The molecule has 0 aromatic carbocycles. The molecule has 58 valence electrons. The number of carboxylic acids is 1. The van der Waals surface area contributed by atoms with Crippen molar-refractivity contribution in [2.24, 2.45) is 0 Å². The van der Waals surface area contributed by atoms with Crippen LogP contribution in [0.15, 0.2) is 12.2 Å². The Labute approximate surface area is 63.9 Å². The van der Waals surface area contributed by atoms with Crippen molar-refractivity contribution in [1.29, 1.82) is 0 Å². The van der Waals surface area contributed by atoms with E-state index in [1.807, 2.05) is 0 Å². The van der Waals surface area contributed by atoms with E-state index in [0.29, 0.717) is 6.08 Å². The molecule has 0 radical (unpaired) electrons. The van der Waals surface area contributed by atoms with Gasteiger partial charge in [-0.25, -0.2) is 9.59 Å². The molecule has 0 fully saturated rings. The maximum Gasteiger partial charge on any atom is 0.330 e. The highest BCUT2D eigenvalue weighted by Gasteiger charge is 1.91. The Bertz CT molecular complexity index is 152. The quantitative estimate of drug-likeness (QED) is 0.346. The van der Waals surface area contributed by atoms with Crippen molar-refractivity contribution in [3.63, 3.8) is 0 Å². The van der Waals surface area contributed by atoms with Crippen molar-refractivity contribution in [3.8, 4) is 0 Å². The van der Waals surface area contributed by atoms with Gasteiger partial charge in [0.2, 0.25) is 0 Å². The Morgan fingerprint density at radius 2 is 1.90 bits per heavy atom. The maximum absolute atomic E-state index is 10.1. The van der Waals surface area contributed by atoms with Crippen molar-refractivity contribution in [2.45, 2.75) is 0 Å². The van der Waals surface area contributed by atoms with E-state index < -0.39 is 11.9 Å². The van der Waals surface area contributed by atoms with Gasteiger partial charge in [0.15, 0.2) is 0 Å². The minimum absolute atomic E-state index is 0. The summed E-state index contributed by atoms with van der Waals surface area (Å²) in [5.41, 5.74) is 0. The Morgan fingerprint density at radius 3 is 2.20 bits per heavy atom. The largest absolute Gasteiger partial charge is 1.00 e. The molecule has 0 spiro atoms. The zero-order valence-corrected chi connectivity index (χ0v) is 5.96. The number of halogens is 1. The SMILES string of the molecule is COC(=O)/C=C/C(=O)O.[Cl-]. The van der Waals surface area contributed by atoms with Crippen LogP contribution in [0.4, 0.5) is 0 Å². The van der Waals surface area contributed by atoms with Gasteiger partial charge >= 0.3 is 11.9 Å². The van der Waals surface area contributed by atoms with E-state index in [4.69, 9.17) is 5.11 Å².